The molecule has 0 radical (unpaired) electrons. The Morgan fingerprint density at radius 1 is 1.26 bits per heavy atom. The zero-order valence-electron chi connectivity index (χ0n) is 20.9. The van der Waals surface area contributed by atoms with Crippen LogP contribution >= 0.6 is 0 Å². The van der Waals surface area contributed by atoms with Crippen LogP contribution in [-0.2, 0) is 0 Å². The summed E-state index contributed by atoms with van der Waals surface area (Å²) in [5.41, 5.74) is 2.68. The van der Waals surface area contributed by atoms with E-state index in [1.807, 2.05) is 17.9 Å². The highest BCUT2D eigenvalue weighted by Gasteiger charge is 2.34. The van der Waals surface area contributed by atoms with Gasteiger partial charge < -0.3 is 30.5 Å². The van der Waals surface area contributed by atoms with Crippen molar-refractivity contribution in [2.75, 3.05) is 30.5 Å². The van der Waals surface area contributed by atoms with E-state index in [0.717, 1.165) is 11.1 Å². The summed E-state index contributed by atoms with van der Waals surface area (Å²) < 4.78 is 19.8. The fraction of sp³-hybridized carbons (Fsp3) is 0.259. The molecule has 0 bridgehead atoms. The molecule has 2 atom stereocenters. The van der Waals surface area contributed by atoms with Crippen molar-refractivity contribution in [3.8, 4) is 17.1 Å². The molecule has 1 aromatic heterocycles. The number of allylic oxidation sites excluding steroid dienone is 1. The maximum Gasteiger partial charge on any atom is 0.404 e. The molecule has 38 heavy (non-hydrogen) atoms. The molecule has 10 nitrogen and oxygen atoms in total. The van der Waals surface area contributed by atoms with Crippen LogP contribution in [0.4, 0.5) is 20.6 Å². The Morgan fingerprint density at radius 2 is 2.05 bits per heavy atom. The number of anilines is 2. The fourth-order valence-electron chi connectivity index (χ4n) is 4.49. The summed E-state index contributed by atoms with van der Waals surface area (Å²) in [7, 11) is 1.40. The molecule has 4 N–H and O–H groups in total. The van der Waals surface area contributed by atoms with Crippen molar-refractivity contribution in [3.63, 3.8) is 0 Å². The predicted molar refractivity (Wildman–Crippen MR) is 141 cm³/mol. The van der Waals surface area contributed by atoms with Gasteiger partial charge >= 0.3 is 6.09 Å². The predicted octanol–water partition coefficient (Wildman–Crippen LogP) is 3.78. The number of halogens is 1. The normalized spacial score (nSPS) is 16.7. The number of nitrogens with zero attached hydrogens (tertiary/aromatic N) is 3. The largest absolute Gasteiger partial charge is 0.496 e. The molecule has 0 unspecified atom stereocenters. The van der Waals surface area contributed by atoms with E-state index >= 15 is 0 Å². The second-order valence-corrected chi connectivity index (χ2v) is 8.92. The number of amides is 2. The highest BCUT2D eigenvalue weighted by Crippen LogP contribution is 2.35. The Morgan fingerprint density at radius 3 is 2.74 bits per heavy atom. The molecule has 4 rings (SSSR count). The molecule has 0 saturated carbocycles. The number of hydrogen-bond acceptors (Lipinski definition) is 7. The lowest BCUT2D eigenvalue weighted by Crippen LogP contribution is -2.37. The summed E-state index contributed by atoms with van der Waals surface area (Å²) in [4.78, 5) is 34.7. The lowest BCUT2D eigenvalue weighted by Gasteiger charge is -2.28. The number of carboxylic acid groups (broad SMARTS) is 1. The molecule has 1 aliphatic rings. The van der Waals surface area contributed by atoms with E-state index in [9.17, 15) is 19.1 Å². The van der Waals surface area contributed by atoms with Crippen LogP contribution in [0.15, 0.2) is 55.2 Å². The van der Waals surface area contributed by atoms with Crippen molar-refractivity contribution in [2.24, 2.45) is 0 Å². The summed E-state index contributed by atoms with van der Waals surface area (Å²) in [5.74, 6) is -0.928. The van der Waals surface area contributed by atoms with Gasteiger partial charge in [-0.1, -0.05) is 24.3 Å². The maximum atomic E-state index is 14.6. The number of methoxy groups -OCH3 is 1. The molecule has 3 aromatic rings. The monoisotopic (exact) mass is 521 g/mol. The number of aromatic nitrogens is 2. The van der Waals surface area contributed by atoms with Gasteiger partial charge in [0.1, 0.15) is 17.3 Å². The molecule has 1 saturated heterocycles. The molecule has 198 valence electrons. The third kappa shape index (κ3) is 5.57. The van der Waals surface area contributed by atoms with Gasteiger partial charge in [0.25, 0.3) is 5.91 Å². The summed E-state index contributed by atoms with van der Waals surface area (Å²) in [5, 5.41) is 24.5. The third-order valence-electron chi connectivity index (χ3n) is 6.31. The molecule has 0 spiro atoms. The van der Waals surface area contributed by atoms with Gasteiger partial charge in [-0.05, 0) is 49.2 Å². The number of hydrogen-bond donors (Lipinski definition) is 4. The smallest absolute Gasteiger partial charge is 0.404 e. The van der Waals surface area contributed by atoms with Gasteiger partial charge in [-0.25, -0.2) is 19.2 Å². The van der Waals surface area contributed by atoms with E-state index in [0.29, 0.717) is 24.3 Å². The molecular weight excluding hydrogens is 493 g/mol. The van der Waals surface area contributed by atoms with Crippen LogP contribution in [-0.4, -0.2) is 64.5 Å². The topological polar surface area (TPSA) is 137 Å². The van der Waals surface area contributed by atoms with Gasteiger partial charge in [-0.15, -0.1) is 0 Å². The number of nitrogens with one attached hydrogen (secondary N) is 2. The molecular formula is C27H28FN5O5. The van der Waals surface area contributed by atoms with Gasteiger partial charge in [-0.2, -0.15) is 0 Å². The average molecular weight is 522 g/mol. The minimum Gasteiger partial charge on any atom is -0.496 e. The van der Waals surface area contributed by atoms with E-state index in [2.05, 4.69) is 27.2 Å². The molecule has 2 heterocycles. The van der Waals surface area contributed by atoms with Crippen molar-refractivity contribution in [1.82, 2.24) is 15.3 Å². The van der Waals surface area contributed by atoms with Gasteiger partial charge in [0.2, 0.25) is 0 Å². The Kier molecular flexibility index (Phi) is 7.87. The molecule has 11 heteroatoms. The Bertz CT molecular complexity index is 1380. The summed E-state index contributed by atoms with van der Waals surface area (Å²) in [6.45, 7) is 5.92. The zero-order valence-corrected chi connectivity index (χ0v) is 20.9. The van der Waals surface area contributed by atoms with E-state index in [1.165, 1.54) is 31.5 Å². The molecule has 2 amide bonds. The minimum atomic E-state index is -1.15. The van der Waals surface area contributed by atoms with Crippen molar-refractivity contribution in [2.45, 2.75) is 25.4 Å². The number of rotatable bonds is 8. The fourth-order valence-corrected chi connectivity index (χ4v) is 4.49. The van der Waals surface area contributed by atoms with Gasteiger partial charge in [0, 0.05) is 12.7 Å². The van der Waals surface area contributed by atoms with Crippen molar-refractivity contribution in [1.29, 1.82) is 0 Å². The van der Waals surface area contributed by atoms with E-state index in [1.54, 1.807) is 18.2 Å². The first-order valence-corrected chi connectivity index (χ1v) is 11.9. The number of ether oxygens (including phenoxy) is 1. The number of carbonyl (C=O) groups is 2. The van der Waals surface area contributed by atoms with Crippen molar-refractivity contribution >= 4 is 28.9 Å². The Labute approximate surface area is 218 Å². The Balaban J connectivity index is 1.67. The second-order valence-electron chi connectivity index (χ2n) is 8.92. The number of benzene rings is 2. The quantitative estimate of drug-likeness (QED) is 0.352. The minimum absolute atomic E-state index is 0.000726. The summed E-state index contributed by atoms with van der Waals surface area (Å²) in [6.07, 6.45) is 0.607. The van der Waals surface area contributed by atoms with Crippen molar-refractivity contribution in [3.05, 3.63) is 72.3 Å². The van der Waals surface area contributed by atoms with E-state index in [-0.39, 0.29) is 35.5 Å². The van der Waals surface area contributed by atoms with Crippen LogP contribution in [0, 0.1) is 5.82 Å². The SMILES string of the molecule is C=C(C)c1ccc(NC(=O)c2ccnc(-c3c(F)cccc3OC)n2)c(N2C[C@@H](NC(=O)O)C[C@H]2CO)c1. The average Bonchev–Trinajstić information content (AvgIpc) is 3.30. The van der Waals surface area contributed by atoms with Gasteiger partial charge in [-0.3, -0.25) is 4.79 Å². The summed E-state index contributed by atoms with van der Waals surface area (Å²) in [6, 6.07) is 10.3. The first kappa shape index (κ1) is 26.6. The molecule has 2 aromatic carbocycles. The number of carbonyl (C=O) groups excluding carboxylic acids is 1. The second kappa shape index (κ2) is 11.3. The van der Waals surface area contributed by atoms with E-state index in [4.69, 9.17) is 9.84 Å². The lowest BCUT2D eigenvalue weighted by molar-refractivity contribution is 0.102. The number of aliphatic hydroxyl groups is 1. The van der Waals surface area contributed by atoms with Crippen molar-refractivity contribution < 1.29 is 28.9 Å². The first-order chi connectivity index (χ1) is 18.2. The highest BCUT2D eigenvalue weighted by molar-refractivity contribution is 6.05. The molecule has 0 aliphatic carbocycles. The van der Waals surface area contributed by atoms with E-state index < -0.39 is 23.9 Å². The van der Waals surface area contributed by atoms with Crippen LogP contribution in [0.3, 0.4) is 0 Å². The molecule has 1 aliphatic heterocycles. The Hall–Kier alpha value is -4.51. The third-order valence-corrected chi connectivity index (χ3v) is 6.31. The van der Waals surface area contributed by atoms with Crippen LogP contribution in [0.2, 0.25) is 0 Å². The van der Waals surface area contributed by atoms with Crippen LogP contribution in [0.1, 0.15) is 29.4 Å². The maximum absolute atomic E-state index is 14.6. The van der Waals surface area contributed by atoms with Crippen LogP contribution in [0.25, 0.3) is 17.0 Å². The summed E-state index contributed by atoms with van der Waals surface area (Å²) >= 11 is 0. The van der Waals surface area contributed by atoms with Gasteiger partial charge in [0.15, 0.2) is 5.82 Å². The van der Waals surface area contributed by atoms with Gasteiger partial charge in [0.05, 0.1) is 42.7 Å². The standard InChI is InChI=1S/C27H28FN5O5/c1-15(2)16-7-8-20(22(11-16)33-13-17(30-27(36)37)12-18(33)14-34)32-26(35)21-9-10-29-25(31-21)24-19(28)5-4-6-23(24)38-3/h4-11,17-18,30,34H,1,12-14H2,2-3H3,(H,32,35)(H,36,37)/t17-,18-/m0/s1. The highest BCUT2D eigenvalue weighted by atomic mass is 19.1. The molecule has 1 fully saturated rings. The zero-order chi connectivity index (χ0) is 27.4. The number of aliphatic hydroxyl groups excluding tert-OH is 1. The van der Waals surface area contributed by atoms with Crippen LogP contribution in [0.5, 0.6) is 5.75 Å². The lowest BCUT2D eigenvalue weighted by atomic mass is 10.1. The first-order valence-electron chi connectivity index (χ1n) is 11.9. The van der Waals surface area contributed by atoms with Crippen LogP contribution < -0.4 is 20.3 Å².